The Morgan fingerprint density at radius 1 is 1.13 bits per heavy atom. The Labute approximate surface area is 89.3 Å². The van der Waals surface area contributed by atoms with Gasteiger partial charge in [0.1, 0.15) is 0 Å². The molecule has 0 aromatic heterocycles. The molecule has 4 unspecified atom stereocenters. The molecule has 4 heteroatoms. The normalized spacial score (nSPS) is 36.1. The number of carboxylic acids is 2. The molecular weight excluding hydrogens is 196 g/mol. The van der Waals surface area contributed by atoms with E-state index in [0.717, 1.165) is 6.42 Å². The van der Waals surface area contributed by atoms with E-state index in [1.807, 2.05) is 13.8 Å². The fourth-order valence-electron chi connectivity index (χ4n) is 2.81. The van der Waals surface area contributed by atoms with E-state index in [1.54, 1.807) is 0 Å². The Bertz CT molecular complexity index is 261. The Morgan fingerprint density at radius 3 is 2.00 bits per heavy atom. The van der Waals surface area contributed by atoms with Crippen LogP contribution in [0.15, 0.2) is 0 Å². The first-order valence-electron chi connectivity index (χ1n) is 5.44. The molecule has 0 radical (unpaired) electrons. The van der Waals surface area contributed by atoms with Crippen LogP contribution >= 0.6 is 0 Å². The van der Waals surface area contributed by atoms with Crippen molar-refractivity contribution in [3.05, 3.63) is 0 Å². The minimum Gasteiger partial charge on any atom is -0.481 e. The zero-order valence-corrected chi connectivity index (χ0v) is 9.14. The van der Waals surface area contributed by atoms with Crippen LogP contribution in [0.1, 0.15) is 33.1 Å². The summed E-state index contributed by atoms with van der Waals surface area (Å²) in [6, 6.07) is 0. The van der Waals surface area contributed by atoms with E-state index in [4.69, 9.17) is 10.2 Å². The van der Waals surface area contributed by atoms with Gasteiger partial charge in [-0.25, -0.2) is 0 Å². The van der Waals surface area contributed by atoms with E-state index in [1.165, 1.54) is 0 Å². The largest absolute Gasteiger partial charge is 0.481 e. The van der Waals surface area contributed by atoms with Gasteiger partial charge in [-0.15, -0.1) is 0 Å². The average Bonchev–Trinajstić information content (AvgIpc) is 2.16. The van der Waals surface area contributed by atoms with Crippen molar-refractivity contribution in [2.75, 3.05) is 0 Å². The maximum absolute atomic E-state index is 11.0. The maximum atomic E-state index is 11.0. The van der Waals surface area contributed by atoms with Crippen LogP contribution in [0.4, 0.5) is 0 Å². The highest BCUT2D eigenvalue weighted by Gasteiger charge is 2.41. The summed E-state index contributed by atoms with van der Waals surface area (Å²) in [6.45, 7) is 3.80. The quantitative estimate of drug-likeness (QED) is 0.751. The Morgan fingerprint density at radius 2 is 1.60 bits per heavy atom. The van der Waals surface area contributed by atoms with Gasteiger partial charge >= 0.3 is 11.9 Å². The first-order chi connectivity index (χ1) is 6.99. The van der Waals surface area contributed by atoms with Crippen molar-refractivity contribution in [2.45, 2.75) is 33.1 Å². The van der Waals surface area contributed by atoms with Gasteiger partial charge < -0.3 is 10.2 Å². The number of hydrogen-bond acceptors (Lipinski definition) is 2. The van der Waals surface area contributed by atoms with Crippen molar-refractivity contribution >= 4 is 11.9 Å². The van der Waals surface area contributed by atoms with Crippen LogP contribution in [0.2, 0.25) is 0 Å². The van der Waals surface area contributed by atoms with Gasteiger partial charge in [-0.1, -0.05) is 20.3 Å². The van der Waals surface area contributed by atoms with Crippen LogP contribution in [0.3, 0.4) is 0 Å². The summed E-state index contributed by atoms with van der Waals surface area (Å²) in [5, 5.41) is 18.0. The summed E-state index contributed by atoms with van der Waals surface area (Å²) in [5.74, 6) is -2.34. The molecule has 4 atom stereocenters. The second kappa shape index (κ2) is 4.64. The molecule has 0 saturated heterocycles. The predicted molar refractivity (Wildman–Crippen MR) is 54.4 cm³/mol. The van der Waals surface area contributed by atoms with E-state index >= 15 is 0 Å². The number of carboxylic acid groups (broad SMARTS) is 2. The van der Waals surface area contributed by atoms with E-state index < -0.39 is 11.9 Å². The fourth-order valence-corrected chi connectivity index (χ4v) is 2.81. The summed E-state index contributed by atoms with van der Waals surface area (Å²) in [6.07, 6.45) is 1.72. The Balaban J connectivity index is 2.81. The number of rotatable bonds is 3. The minimum absolute atomic E-state index is 0.00245. The second-order valence-electron chi connectivity index (χ2n) is 4.40. The highest BCUT2D eigenvalue weighted by Crippen LogP contribution is 2.40. The SMILES string of the molecule is CCC1C(C(=O)O)CCC(C(=O)O)C1C. The molecule has 1 saturated carbocycles. The molecule has 0 spiro atoms. The van der Waals surface area contributed by atoms with E-state index in [-0.39, 0.29) is 23.7 Å². The third kappa shape index (κ3) is 2.30. The molecule has 0 aromatic rings. The maximum Gasteiger partial charge on any atom is 0.306 e. The van der Waals surface area contributed by atoms with Gasteiger partial charge in [-0.05, 0) is 24.7 Å². The molecule has 0 amide bonds. The molecule has 0 bridgehead atoms. The van der Waals surface area contributed by atoms with Gasteiger partial charge in [-0.2, -0.15) is 0 Å². The summed E-state index contributed by atoms with van der Waals surface area (Å²) in [4.78, 5) is 22.0. The van der Waals surface area contributed by atoms with Crippen molar-refractivity contribution in [2.24, 2.45) is 23.7 Å². The second-order valence-corrected chi connectivity index (χ2v) is 4.40. The van der Waals surface area contributed by atoms with E-state index in [9.17, 15) is 9.59 Å². The lowest BCUT2D eigenvalue weighted by Gasteiger charge is -2.37. The number of aliphatic carboxylic acids is 2. The molecule has 2 N–H and O–H groups in total. The standard InChI is InChI=1S/C11H18O4/c1-3-7-6(2)8(10(12)13)4-5-9(7)11(14)15/h6-9H,3-5H2,1-2H3,(H,12,13)(H,14,15). The molecule has 1 fully saturated rings. The van der Waals surface area contributed by atoms with Crippen molar-refractivity contribution in [3.8, 4) is 0 Å². The van der Waals surface area contributed by atoms with Crippen molar-refractivity contribution < 1.29 is 19.8 Å². The molecule has 1 rings (SSSR count). The zero-order valence-electron chi connectivity index (χ0n) is 9.14. The molecule has 15 heavy (non-hydrogen) atoms. The molecule has 0 aromatic carbocycles. The first kappa shape index (κ1) is 12.0. The van der Waals surface area contributed by atoms with Crippen LogP contribution in [0.5, 0.6) is 0 Å². The first-order valence-corrected chi connectivity index (χ1v) is 5.44. The third-order valence-electron chi connectivity index (χ3n) is 3.72. The van der Waals surface area contributed by atoms with Gasteiger partial charge in [-0.3, -0.25) is 9.59 Å². The van der Waals surface area contributed by atoms with Crippen molar-refractivity contribution in [1.82, 2.24) is 0 Å². The summed E-state index contributed by atoms with van der Waals surface area (Å²) in [5.41, 5.74) is 0. The zero-order chi connectivity index (χ0) is 11.6. The lowest BCUT2D eigenvalue weighted by Crippen LogP contribution is -2.39. The highest BCUT2D eigenvalue weighted by molar-refractivity contribution is 5.73. The summed E-state index contributed by atoms with van der Waals surface area (Å²) in [7, 11) is 0. The molecule has 1 aliphatic carbocycles. The fraction of sp³-hybridized carbons (Fsp3) is 0.818. The third-order valence-corrected chi connectivity index (χ3v) is 3.72. The van der Waals surface area contributed by atoms with Gasteiger partial charge in [0.05, 0.1) is 11.8 Å². The van der Waals surface area contributed by atoms with Crippen LogP contribution in [0, 0.1) is 23.7 Å². The molecule has 0 aliphatic heterocycles. The van der Waals surface area contributed by atoms with Gasteiger partial charge in [0.15, 0.2) is 0 Å². The lowest BCUT2D eigenvalue weighted by atomic mass is 9.66. The Kier molecular flexibility index (Phi) is 3.72. The Hall–Kier alpha value is -1.06. The topological polar surface area (TPSA) is 74.6 Å². The molecule has 0 heterocycles. The lowest BCUT2D eigenvalue weighted by molar-refractivity contribution is -0.154. The average molecular weight is 214 g/mol. The van der Waals surface area contributed by atoms with Crippen LogP contribution in [0.25, 0.3) is 0 Å². The molecule has 86 valence electrons. The highest BCUT2D eigenvalue weighted by atomic mass is 16.4. The van der Waals surface area contributed by atoms with Crippen LogP contribution < -0.4 is 0 Å². The van der Waals surface area contributed by atoms with Crippen LogP contribution in [-0.2, 0) is 9.59 Å². The van der Waals surface area contributed by atoms with Crippen LogP contribution in [-0.4, -0.2) is 22.2 Å². The van der Waals surface area contributed by atoms with Crippen molar-refractivity contribution in [3.63, 3.8) is 0 Å². The minimum atomic E-state index is -0.787. The molecule has 1 aliphatic rings. The van der Waals surface area contributed by atoms with Gasteiger partial charge in [0.2, 0.25) is 0 Å². The van der Waals surface area contributed by atoms with Gasteiger partial charge in [0, 0.05) is 0 Å². The number of hydrogen-bond donors (Lipinski definition) is 2. The summed E-state index contributed by atoms with van der Waals surface area (Å²) < 4.78 is 0. The molecular formula is C11H18O4. The van der Waals surface area contributed by atoms with E-state index in [2.05, 4.69) is 0 Å². The number of carbonyl (C=O) groups is 2. The summed E-state index contributed by atoms with van der Waals surface area (Å²) >= 11 is 0. The van der Waals surface area contributed by atoms with E-state index in [0.29, 0.717) is 12.8 Å². The molecule has 4 nitrogen and oxygen atoms in total. The monoisotopic (exact) mass is 214 g/mol. The predicted octanol–water partition coefficient (Wildman–Crippen LogP) is 1.84. The smallest absolute Gasteiger partial charge is 0.306 e. The van der Waals surface area contributed by atoms with Crippen molar-refractivity contribution in [1.29, 1.82) is 0 Å². The van der Waals surface area contributed by atoms with Gasteiger partial charge in [0.25, 0.3) is 0 Å².